The van der Waals surface area contributed by atoms with Crippen LogP contribution in [0.1, 0.15) is 0 Å². The van der Waals surface area contributed by atoms with Crippen molar-refractivity contribution in [3.05, 3.63) is 64.9 Å². The molecule has 0 unspecified atom stereocenters. The van der Waals surface area contributed by atoms with Gasteiger partial charge in [-0.25, -0.2) is 17.4 Å². The SMILES string of the molecule is COc1ccc(Cl)c(S(=O)(=O)n2ccc3cnc(Nc4ccc(N5CCN(C)CC5)cc4)nc32)c1Cl. The van der Waals surface area contributed by atoms with Gasteiger partial charge in [-0.1, -0.05) is 23.2 Å². The highest BCUT2D eigenvalue weighted by Gasteiger charge is 2.28. The number of piperazine rings is 1. The van der Waals surface area contributed by atoms with Crippen LogP contribution in [0.15, 0.2) is 59.8 Å². The molecule has 1 fully saturated rings. The number of rotatable bonds is 6. The Bertz CT molecular complexity index is 1520. The molecule has 4 aromatic rings. The highest BCUT2D eigenvalue weighted by atomic mass is 35.5. The Labute approximate surface area is 219 Å². The summed E-state index contributed by atoms with van der Waals surface area (Å²) in [5.74, 6) is 0.459. The first kappa shape index (κ1) is 24.6. The summed E-state index contributed by atoms with van der Waals surface area (Å²) in [4.78, 5) is 13.2. The number of nitrogens with zero attached hydrogens (tertiary/aromatic N) is 5. The lowest BCUT2D eigenvalue weighted by Crippen LogP contribution is -2.44. The molecule has 188 valence electrons. The third kappa shape index (κ3) is 4.57. The zero-order valence-corrected chi connectivity index (χ0v) is 22.0. The Hall–Kier alpha value is -3.05. The Kier molecular flexibility index (Phi) is 6.69. The molecule has 3 heterocycles. The third-order valence-corrected chi connectivity index (χ3v) is 8.80. The number of ether oxygens (including phenoxy) is 1. The largest absolute Gasteiger partial charge is 0.495 e. The minimum absolute atomic E-state index is 0.0181. The van der Waals surface area contributed by atoms with Crippen LogP contribution in [0.2, 0.25) is 10.0 Å². The summed E-state index contributed by atoms with van der Waals surface area (Å²) in [5.41, 5.74) is 2.13. The van der Waals surface area contributed by atoms with E-state index in [4.69, 9.17) is 27.9 Å². The van der Waals surface area contributed by atoms with E-state index in [1.54, 1.807) is 12.3 Å². The van der Waals surface area contributed by atoms with Crippen LogP contribution in [0.3, 0.4) is 0 Å². The number of likely N-dealkylation sites (N-methyl/N-ethyl adjacent to an activating group) is 1. The quantitative estimate of drug-likeness (QED) is 0.378. The van der Waals surface area contributed by atoms with Crippen molar-refractivity contribution in [2.45, 2.75) is 4.90 Å². The van der Waals surface area contributed by atoms with Crippen LogP contribution in [0.25, 0.3) is 11.0 Å². The van der Waals surface area contributed by atoms with Crippen LogP contribution in [0, 0.1) is 0 Å². The fraction of sp³-hybridized carbons (Fsp3) is 0.250. The van der Waals surface area contributed by atoms with Gasteiger partial charge in [-0.05, 0) is 49.5 Å². The van der Waals surface area contributed by atoms with Crippen LogP contribution in [-0.2, 0) is 10.0 Å². The van der Waals surface area contributed by atoms with Crippen LogP contribution in [0.4, 0.5) is 17.3 Å². The van der Waals surface area contributed by atoms with Crippen LogP contribution in [0.5, 0.6) is 5.75 Å². The van der Waals surface area contributed by atoms with Gasteiger partial charge in [-0.3, -0.25) is 0 Å². The number of hydrogen-bond acceptors (Lipinski definition) is 8. The summed E-state index contributed by atoms with van der Waals surface area (Å²) >= 11 is 12.6. The Morgan fingerprint density at radius 1 is 1.00 bits per heavy atom. The molecule has 36 heavy (non-hydrogen) atoms. The van der Waals surface area contributed by atoms with E-state index in [0.717, 1.165) is 41.5 Å². The maximum atomic E-state index is 13.5. The Morgan fingerprint density at radius 2 is 1.72 bits per heavy atom. The summed E-state index contributed by atoms with van der Waals surface area (Å²) in [5, 5.41) is 3.58. The number of benzene rings is 2. The molecule has 1 saturated heterocycles. The predicted octanol–water partition coefficient (Wildman–Crippen LogP) is 4.48. The summed E-state index contributed by atoms with van der Waals surface area (Å²) in [7, 11) is -0.652. The number of methoxy groups -OCH3 is 1. The number of anilines is 3. The lowest BCUT2D eigenvalue weighted by molar-refractivity contribution is 0.313. The highest BCUT2D eigenvalue weighted by Crippen LogP contribution is 2.38. The first-order chi connectivity index (χ1) is 17.3. The molecule has 1 aliphatic rings. The molecule has 1 N–H and O–H groups in total. The van der Waals surface area contributed by atoms with E-state index in [-0.39, 0.29) is 32.3 Å². The van der Waals surface area contributed by atoms with Gasteiger partial charge >= 0.3 is 0 Å². The van der Waals surface area contributed by atoms with Gasteiger partial charge in [0.05, 0.1) is 12.1 Å². The average Bonchev–Trinajstić information content (AvgIpc) is 3.29. The first-order valence-corrected chi connectivity index (χ1v) is 13.4. The second-order valence-electron chi connectivity index (χ2n) is 8.44. The molecule has 0 atom stereocenters. The van der Waals surface area contributed by atoms with Crippen molar-refractivity contribution >= 4 is 61.6 Å². The molecule has 1 aliphatic heterocycles. The predicted molar refractivity (Wildman–Crippen MR) is 143 cm³/mol. The van der Waals surface area contributed by atoms with E-state index in [1.165, 1.54) is 25.4 Å². The molecule has 2 aromatic heterocycles. The molecule has 0 saturated carbocycles. The van der Waals surface area contributed by atoms with Crippen molar-refractivity contribution in [3.63, 3.8) is 0 Å². The highest BCUT2D eigenvalue weighted by molar-refractivity contribution is 7.90. The lowest BCUT2D eigenvalue weighted by Gasteiger charge is -2.34. The standard InChI is InChI=1S/C24H24Cl2N6O3S/c1-30-11-13-31(14-12-30)18-5-3-17(4-6-18)28-24-27-15-16-9-10-32(23(16)29-24)36(33,34)22-19(25)7-8-20(35-2)21(22)26/h3-10,15H,11-14H2,1-2H3,(H,27,28,29). The van der Waals surface area contributed by atoms with E-state index in [1.807, 2.05) is 24.3 Å². The zero-order valence-electron chi connectivity index (χ0n) is 19.6. The van der Waals surface area contributed by atoms with Crippen molar-refractivity contribution in [1.82, 2.24) is 18.8 Å². The molecule has 12 heteroatoms. The van der Waals surface area contributed by atoms with E-state index >= 15 is 0 Å². The molecule has 0 amide bonds. The Balaban J connectivity index is 1.44. The van der Waals surface area contributed by atoms with Crippen LogP contribution < -0.4 is 15.0 Å². The summed E-state index contributed by atoms with van der Waals surface area (Å²) in [6.45, 7) is 4.02. The summed E-state index contributed by atoms with van der Waals surface area (Å²) in [6.07, 6.45) is 2.96. The molecule has 0 aliphatic carbocycles. The van der Waals surface area contributed by atoms with Crippen molar-refractivity contribution in [2.24, 2.45) is 0 Å². The lowest BCUT2D eigenvalue weighted by atomic mass is 10.2. The van der Waals surface area contributed by atoms with Crippen LogP contribution >= 0.6 is 23.2 Å². The number of fused-ring (bicyclic) bond motifs is 1. The molecule has 0 bridgehead atoms. The summed E-state index contributed by atoms with van der Waals surface area (Å²) in [6, 6.07) is 12.6. The topological polar surface area (TPSA) is 92.6 Å². The molecule has 0 spiro atoms. The van der Waals surface area contributed by atoms with Gasteiger partial charge in [-0.2, -0.15) is 4.98 Å². The smallest absolute Gasteiger partial charge is 0.272 e. The van der Waals surface area contributed by atoms with E-state index in [0.29, 0.717) is 5.39 Å². The van der Waals surface area contributed by atoms with E-state index < -0.39 is 10.0 Å². The minimum Gasteiger partial charge on any atom is -0.495 e. The Morgan fingerprint density at radius 3 is 2.42 bits per heavy atom. The maximum absolute atomic E-state index is 13.5. The van der Waals surface area contributed by atoms with E-state index in [2.05, 4.69) is 32.1 Å². The van der Waals surface area contributed by atoms with Crippen molar-refractivity contribution in [1.29, 1.82) is 0 Å². The number of hydrogen-bond donors (Lipinski definition) is 1. The first-order valence-electron chi connectivity index (χ1n) is 11.2. The summed E-state index contributed by atoms with van der Waals surface area (Å²) < 4.78 is 33.3. The van der Waals surface area contributed by atoms with Gasteiger partial charge in [0.1, 0.15) is 15.7 Å². The average molecular weight is 547 g/mol. The molecule has 9 nitrogen and oxygen atoms in total. The normalized spacial score (nSPS) is 14.8. The molecule has 0 radical (unpaired) electrons. The molecule has 2 aromatic carbocycles. The third-order valence-electron chi connectivity index (χ3n) is 6.14. The van der Waals surface area contributed by atoms with Gasteiger partial charge in [0.2, 0.25) is 5.95 Å². The monoisotopic (exact) mass is 546 g/mol. The maximum Gasteiger partial charge on any atom is 0.272 e. The number of aromatic nitrogens is 3. The molecular formula is C24H24Cl2N6O3S. The molecule has 5 rings (SSSR count). The second kappa shape index (κ2) is 9.78. The second-order valence-corrected chi connectivity index (χ2v) is 11.0. The minimum atomic E-state index is -4.18. The fourth-order valence-electron chi connectivity index (χ4n) is 4.11. The van der Waals surface area contributed by atoms with Crippen molar-refractivity contribution < 1.29 is 13.2 Å². The zero-order chi connectivity index (χ0) is 25.4. The number of nitrogens with one attached hydrogen (secondary N) is 1. The number of halogens is 2. The van der Waals surface area contributed by atoms with Gasteiger partial charge in [0.25, 0.3) is 10.0 Å². The van der Waals surface area contributed by atoms with Gasteiger partial charge in [0.15, 0.2) is 5.65 Å². The van der Waals surface area contributed by atoms with Crippen LogP contribution in [-0.4, -0.2) is 67.6 Å². The fourth-order valence-corrected chi connectivity index (χ4v) is 6.57. The van der Waals surface area contributed by atoms with E-state index in [9.17, 15) is 8.42 Å². The van der Waals surface area contributed by atoms with Crippen molar-refractivity contribution in [2.75, 3.05) is 50.6 Å². The van der Waals surface area contributed by atoms with Crippen molar-refractivity contribution in [3.8, 4) is 5.75 Å². The molecular weight excluding hydrogens is 523 g/mol. The van der Waals surface area contributed by atoms with Gasteiger partial charge in [0, 0.05) is 55.3 Å². The van der Waals surface area contributed by atoms with Gasteiger partial charge < -0.3 is 19.9 Å². The van der Waals surface area contributed by atoms with Gasteiger partial charge in [-0.15, -0.1) is 0 Å².